The molecule has 0 aromatic heterocycles. The summed E-state index contributed by atoms with van der Waals surface area (Å²) in [7, 11) is 4.04. The molecule has 0 atom stereocenters. The minimum Gasteiger partial charge on any atom is -0.378 e. The molecule has 0 N–H and O–H groups in total. The number of nitrogens with zero attached hydrogens (tertiary/aromatic N) is 1. The summed E-state index contributed by atoms with van der Waals surface area (Å²) >= 11 is 0. The first-order chi connectivity index (χ1) is 14.8. The van der Waals surface area contributed by atoms with E-state index in [9.17, 15) is 0 Å². The van der Waals surface area contributed by atoms with Gasteiger partial charge < -0.3 is 42.8 Å². The molecule has 9 heteroatoms. The Morgan fingerprint density at radius 1 is 0.467 bits per heavy atom. The minimum atomic E-state index is 0.539. The average molecular weight is 438 g/mol. The monoisotopic (exact) mass is 437 g/mol. The van der Waals surface area contributed by atoms with Gasteiger partial charge in [0.15, 0.2) is 0 Å². The molecule has 0 bridgehead atoms. The van der Waals surface area contributed by atoms with Crippen molar-refractivity contribution < 1.29 is 37.9 Å². The van der Waals surface area contributed by atoms with Crippen molar-refractivity contribution in [3.8, 4) is 0 Å². The van der Waals surface area contributed by atoms with E-state index in [1.54, 1.807) is 6.08 Å². The molecule has 0 aromatic carbocycles. The van der Waals surface area contributed by atoms with E-state index in [2.05, 4.69) is 11.5 Å². The summed E-state index contributed by atoms with van der Waals surface area (Å²) in [5.41, 5.74) is 0. The lowest BCUT2D eigenvalue weighted by atomic mass is 10.6. The van der Waals surface area contributed by atoms with Gasteiger partial charge in [-0.15, -0.1) is 6.58 Å². The van der Waals surface area contributed by atoms with Gasteiger partial charge in [0.05, 0.1) is 106 Å². The molecule has 9 nitrogen and oxygen atoms in total. The Kier molecular flexibility index (Phi) is 25.9. The number of hydrogen-bond acceptors (Lipinski definition) is 9. The van der Waals surface area contributed by atoms with Crippen LogP contribution in [0.3, 0.4) is 0 Å². The van der Waals surface area contributed by atoms with Crippen LogP contribution in [0.4, 0.5) is 0 Å². The zero-order chi connectivity index (χ0) is 22.0. The Morgan fingerprint density at radius 2 is 0.733 bits per heavy atom. The van der Waals surface area contributed by atoms with Gasteiger partial charge in [0.25, 0.3) is 0 Å². The molecule has 0 rings (SSSR count). The maximum absolute atomic E-state index is 5.43. The Balaban J connectivity index is 2.99. The first-order valence-electron chi connectivity index (χ1n) is 10.6. The molecule has 0 aliphatic carbocycles. The van der Waals surface area contributed by atoms with Crippen LogP contribution < -0.4 is 0 Å². The largest absolute Gasteiger partial charge is 0.378 e. The van der Waals surface area contributed by atoms with E-state index in [-0.39, 0.29) is 0 Å². The molecule has 0 unspecified atom stereocenters. The summed E-state index contributed by atoms with van der Waals surface area (Å²) in [5, 5.41) is 0. The smallest absolute Gasteiger partial charge is 0.0704 e. The van der Waals surface area contributed by atoms with Crippen LogP contribution in [0.25, 0.3) is 0 Å². The van der Waals surface area contributed by atoms with Crippen molar-refractivity contribution in [2.75, 3.05) is 126 Å². The lowest BCUT2D eigenvalue weighted by Crippen LogP contribution is -2.19. The van der Waals surface area contributed by atoms with Crippen LogP contribution in [0.15, 0.2) is 12.7 Å². The summed E-state index contributed by atoms with van der Waals surface area (Å²) < 4.78 is 43.1. The van der Waals surface area contributed by atoms with Crippen molar-refractivity contribution in [2.45, 2.75) is 0 Å². The van der Waals surface area contributed by atoms with Crippen molar-refractivity contribution >= 4 is 0 Å². The molecule has 0 aromatic rings. The summed E-state index contributed by atoms with van der Waals surface area (Å²) in [5.74, 6) is 0. The molecule has 0 amide bonds. The van der Waals surface area contributed by atoms with Crippen LogP contribution >= 0.6 is 0 Å². The van der Waals surface area contributed by atoms with Gasteiger partial charge in [-0.25, -0.2) is 0 Å². The summed E-state index contributed by atoms with van der Waals surface area (Å²) in [4.78, 5) is 2.08. The zero-order valence-corrected chi connectivity index (χ0v) is 19.0. The van der Waals surface area contributed by atoms with Gasteiger partial charge in [0.1, 0.15) is 0 Å². The molecular weight excluding hydrogens is 394 g/mol. The highest BCUT2D eigenvalue weighted by atomic mass is 16.6. The Labute approximate surface area is 182 Å². The summed E-state index contributed by atoms with van der Waals surface area (Å²) in [6.45, 7) is 13.6. The Morgan fingerprint density at radius 3 is 1.00 bits per heavy atom. The van der Waals surface area contributed by atoms with E-state index in [0.717, 1.165) is 13.2 Å². The predicted molar refractivity (Wildman–Crippen MR) is 115 cm³/mol. The van der Waals surface area contributed by atoms with Crippen LogP contribution in [0.2, 0.25) is 0 Å². The highest BCUT2D eigenvalue weighted by Crippen LogP contribution is 1.86. The fourth-order valence-electron chi connectivity index (χ4n) is 1.95. The van der Waals surface area contributed by atoms with Crippen LogP contribution in [0.5, 0.6) is 0 Å². The molecule has 0 aliphatic rings. The molecule has 0 saturated carbocycles. The van der Waals surface area contributed by atoms with Crippen LogP contribution in [0.1, 0.15) is 0 Å². The van der Waals surface area contributed by atoms with Gasteiger partial charge in [0.2, 0.25) is 0 Å². The number of rotatable bonds is 26. The molecule has 0 fully saturated rings. The summed E-state index contributed by atoms with van der Waals surface area (Å²) in [6, 6.07) is 0. The van der Waals surface area contributed by atoms with E-state index in [4.69, 9.17) is 37.9 Å². The third kappa shape index (κ3) is 27.4. The molecule has 0 spiro atoms. The van der Waals surface area contributed by atoms with E-state index in [1.165, 1.54) is 0 Å². The van der Waals surface area contributed by atoms with Crippen molar-refractivity contribution in [1.82, 2.24) is 4.90 Å². The number of hydrogen-bond donors (Lipinski definition) is 0. The van der Waals surface area contributed by atoms with Crippen molar-refractivity contribution in [1.29, 1.82) is 0 Å². The molecule has 0 radical (unpaired) electrons. The first kappa shape index (κ1) is 29.4. The van der Waals surface area contributed by atoms with Gasteiger partial charge in [-0.3, -0.25) is 0 Å². The third-order valence-electron chi connectivity index (χ3n) is 3.52. The van der Waals surface area contributed by atoms with Crippen molar-refractivity contribution in [2.24, 2.45) is 0 Å². The van der Waals surface area contributed by atoms with Gasteiger partial charge >= 0.3 is 0 Å². The van der Waals surface area contributed by atoms with Gasteiger partial charge in [-0.1, -0.05) is 6.08 Å². The fourth-order valence-corrected chi connectivity index (χ4v) is 1.95. The van der Waals surface area contributed by atoms with E-state index in [0.29, 0.717) is 99.1 Å². The highest BCUT2D eigenvalue weighted by molar-refractivity contribution is 4.63. The first-order valence-corrected chi connectivity index (χ1v) is 10.6. The maximum Gasteiger partial charge on any atom is 0.0704 e. The standard InChI is InChI=1S/C21H43NO8/c1-4-6-23-8-10-25-12-14-27-16-18-29-20-21-30-19-17-28-15-13-26-11-9-24-7-5-22(2)3/h4H,1,5-21H2,2-3H3. The highest BCUT2D eigenvalue weighted by Gasteiger charge is 1.95. The van der Waals surface area contributed by atoms with E-state index >= 15 is 0 Å². The second kappa shape index (κ2) is 26.4. The Bertz CT molecular complexity index is 334. The zero-order valence-electron chi connectivity index (χ0n) is 19.0. The van der Waals surface area contributed by atoms with Crippen molar-refractivity contribution in [3.63, 3.8) is 0 Å². The minimum absolute atomic E-state index is 0.539. The second-order valence-corrected chi connectivity index (χ2v) is 6.45. The number of ether oxygens (including phenoxy) is 8. The lowest BCUT2D eigenvalue weighted by molar-refractivity contribution is -0.0228. The molecule has 0 saturated heterocycles. The third-order valence-corrected chi connectivity index (χ3v) is 3.52. The number of likely N-dealkylation sites (N-methyl/N-ethyl adjacent to an activating group) is 1. The van der Waals surface area contributed by atoms with Gasteiger partial charge in [-0.05, 0) is 14.1 Å². The van der Waals surface area contributed by atoms with Crippen LogP contribution in [0, 0.1) is 0 Å². The molecule has 0 heterocycles. The Hall–Kier alpha value is -0.620. The predicted octanol–water partition coefficient (Wildman–Crippen LogP) is 0.867. The van der Waals surface area contributed by atoms with Crippen molar-refractivity contribution in [3.05, 3.63) is 12.7 Å². The van der Waals surface area contributed by atoms with E-state index < -0.39 is 0 Å². The summed E-state index contributed by atoms with van der Waals surface area (Å²) in [6.07, 6.45) is 1.71. The second-order valence-electron chi connectivity index (χ2n) is 6.45. The van der Waals surface area contributed by atoms with Gasteiger partial charge in [-0.2, -0.15) is 0 Å². The van der Waals surface area contributed by atoms with E-state index in [1.807, 2.05) is 14.1 Å². The normalized spacial score (nSPS) is 11.4. The maximum atomic E-state index is 5.43. The lowest BCUT2D eigenvalue weighted by Gasteiger charge is -2.10. The fraction of sp³-hybridized carbons (Fsp3) is 0.905. The quantitative estimate of drug-likeness (QED) is 0.145. The molecule has 180 valence electrons. The SMILES string of the molecule is C=CCOCCOCCOCCOCCOCCOCCOCCOCCN(C)C. The van der Waals surface area contributed by atoms with Crippen LogP contribution in [-0.4, -0.2) is 131 Å². The molecule has 30 heavy (non-hydrogen) atoms. The molecule has 0 aliphatic heterocycles. The molecular formula is C21H43NO8. The average Bonchev–Trinajstić information content (AvgIpc) is 2.73. The van der Waals surface area contributed by atoms with Crippen LogP contribution in [-0.2, 0) is 37.9 Å². The topological polar surface area (TPSA) is 77.1 Å². The van der Waals surface area contributed by atoms with Gasteiger partial charge in [0, 0.05) is 6.54 Å².